The van der Waals surface area contributed by atoms with E-state index in [-0.39, 0.29) is 0 Å². The van der Waals surface area contributed by atoms with Crippen molar-refractivity contribution >= 4 is 17.0 Å². The molecule has 0 bridgehead atoms. The maximum Gasteiger partial charge on any atom is 0.165 e. The molecule has 0 spiro atoms. The predicted octanol–water partition coefficient (Wildman–Crippen LogP) is 6.67. The standard InChI is InChI=1S/C23H41N5/c1-2-3-4-5-6-7-8-9-10-11-12-13-14-15-16-17-18-28-20-27-21-22(24)25-19-26-23(21)28/h19-20H,2-18H2,1H3,(H2,24,25,26). The summed E-state index contributed by atoms with van der Waals surface area (Å²) < 4.78 is 2.09. The molecule has 158 valence electrons. The highest BCUT2D eigenvalue weighted by atomic mass is 15.1. The number of imidazole rings is 1. The van der Waals surface area contributed by atoms with Crippen LogP contribution in [0.1, 0.15) is 110 Å². The van der Waals surface area contributed by atoms with Crippen molar-refractivity contribution in [1.82, 2.24) is 19.5 Å². The third kappa shape index (κ3) is 8.57. The van der Waals surface area contributed by atoms with Gasteiger partial charge in [0.25, 0.3) is 0 Å². The maximum absolute atomic E-state index is 5.83. The molecule has 0 unspecified atom stereocenters. The Labute approximate surface area is 171 Å². The summed E-state index contributed by atoms with van der Waals surface area (Å²) >= 11 is 0. The van der Waals surface area contributed by atoms with Gasteiger partial charge in [0.05, 0.1) is 6.33 Å². The third-order valence-electron chi connectivity index (χ3n) is 5.68. The summed E-state index contributed by atoms with van der Waals surface area (Å²) in [6, 6.07) is 0. The van der Waals surface area contributed by atoms with Gasteiger partial charge in [-0.05, 0) is 6.42 Å². The summed E-state index contributed by atoms with van der Waals surface area (Å²) in [7, 11) is 0. The number of nitrogens with two attached hydrogens (primary N) is 1. The van der Waals surface area contributed by atoms with Crippen molar-refractivity contribution in [2.75, 3.05) is 5.73 Å². The van der Waals surface area contributed by atoms with Gasteiger partial charge in [-0.1, -0.05) is 103 Å². The minimum Gasteiger partial charge on any atom is -0.382 e. The van der Waals surface area contributed by atoms with E-state index >= 15 is 0 Å². The van der Waals surface area contributed by atoms with Crippen LogP contribution in [0.15, 0.2) is 12.7 Å². The van der Waals surface area contributed by atoms with E-state index < -0.39 is 0 Å². The Morgan fingerprint density at radius 3 is 1.71 bits per heavy atom. The van der Waals surface area contributed by atoms with Gasteiger partial charge in [0.2, 0.25) is 0 Å². The van der Waals surface area contributed by atoms with Crippen LogP contribution in [0.2, 0.25) is 0 Å². The Balaban J connectivity index is 1.37. The SMILES string of the molecule is CCCCCCCCCCCCCCCCCCn1cnc2c(N)ncnc21. The van der Waals surface area contributed by atoms with Crippen LogP contribution in [-0.2, 0) is 6.54 Å². The van der Waals surface area contributed by atoms with Crippen LogP contribution in [0.5, 0.6) is 0 Å². The van der Waals surface area contributed by atoms with Gasteiger partial charge >= 0.3 is 0 Å². The normalized spacial score (nSPS) is 11.5. The first-order valence-electron chi connectivity index (χ1n) is 11.7. The molecule has 0 aromatic carbocycles. The molecule has 5 heteroatoms. The highest BCUT2D eigenvalue weighted by Crippen LogP contribution is 2.16. The number of hydrogen-bond donors (Lipinski definition) is 1. The van der Waals surface area contributed by atoms with Crippen molar-refractivity contribution in [3.05, 3.63) is 12.7 Å². The molecule has 0 fully saturated rings. The zero-order valence-electron chi connectivity index (χ0n) is 18.0. The van der Waals surface area contributed by atoms with E-state index in [1.54, 1.807) is 0 Å². The predicted molar refractivity (Wildman–Crippen MR) is 119 cm³/mol. The Hall–Kier alpha value is -1.65. The number of hydrogen-bond acceptors (Lipinski definition) is 4. The van der Waals surface area contributed by atoms with Gasteiger partial charge in [-0.3, -0.25) is 0 Å². The molecule has 0 saturated heterocycles. The van der Waals surface area contributed by atoms with Crippen molar-refractivity contribution in [1.29, 1.82) is 0 Å². The molecule has 28 heavy (non-hydrogen) atoms. The highest BCUT2D eigenvalue weighted by molar-refractivity contribution is 5.80. The van der Waals surface area contributed by atoms with Crippen molar-refractivity contribution in [2.24, 2.45) is 0 Å². The van der Waals surface area contributed by atoms with Crippen molar-refractivity contribution in [3.8, 4) is 0 Å². The fraction of sp³-hybridized carbons (Fsp3) is 0.783. The fourth-order valence-corrected chi connectivity index (χ4v) is 3.89. The molecule has 0 aliphatic rings. The quantitative estimate of drug-likeness (QED) is 0.308. The molecule has 0 amide bonds. The first-order valence-corrected chi connectivity index (χ1v) is 11.7. The molecule has 2 N–H and O–H groups in total. The lowest BCUT2D eigenvalue weighted by Crippen LogP contribution is -1.99. The van der Waals surface area contributed by atoms with Crippen LogP contribution in [0.4, 0.5) is 5.82 Å². The monoisotopic (exact) mass is 387 g/mol. The van der Waals surface area contributed by atoms with Crippen LogP contribution in [0.3, 0.4) is 0 Å². The summed E-state index contributed by atoms with van der Waals surface area (Å²) in [6.45, 7) is 3.25. The summed E-state index contributed by atoms with van der Waals surface area (Å²) in [4.78, 5) is 12.6. The van der Waals surface area contributed by atoms with Crippen molar-refractivity contribution in [2.45, 2.75) is 116 Å². The van der Waals surface area contributed by atoms with Gasteiger partial charge in [0.1, 0.15) is 11.8 Å². The molecule has 5 nitrogen and oxygen atoms in total. The van der Waals surface area contributed by atoms with E-state index in [0.29, 0.717) is 5.82 Å². The van der Waals surface area contributed by atoms with Gasteiger partial charge in [-0.25, -0.2) is 15.0 Å². The first-order chi connectivity index (χ1) is 13.8. The highest BCUT2D eigenvalue weighted by Gasteiger charge is 2.06. The molecule has 0 atom stereocenters. The molecule has 0 radical (unpaired) electrons. The van der Waals surface area contributed by atoms with Gasteiger partial charge in [-0.15, -0.1) is 0 Å². The second-order valence-corrected chi connectivity index (χ2v) is 8.17. The summed E-state index contributed by atoms with van der Waals surface area (Å²) in [5, 5.41) is 0. The molecular weight excluding hydrogens is 346 g/mol. The number of fused-ring (bicyclic) bond motifs is 1. The number of nitrogen functional groups attached to an aromatic ring is 1. The maximum atomic E-state index is 5.83. The van der Waals surface area contributed by atoms with E-state index in [9.17, 15) is 0 Å². The number of aryl methyl sites for hydroxylation is 1. The summed E-state index contributed by atoms with van der Waals surface area (Å²) in [5.41, 5.74) is 7.41. The average Bonchev–Trinajstić information content (AvgIpc) is 3.12. The fourth-order valence-electron chi connectivity index (χ4n) is 3.89. The Kier molecular flexibility index (Phi) is 11.6. The number of anilines is 1. The molecule has 0 saturated carbocycles. The second-order valence-electron chi connectivity index (χ2n) is 8.17. The lowest BCUT2D eigenvalue weighted by molar-refractivity contribution is 0.522. The van der Waals surface area contributed by atoms with Gasteiger partial charge < -0.3 is 10.3 Å². The molecule has 2 aromatic heterocycles. The second kappa shape index (κ2) is 14.4. The molecule has 0 aliphatic heterocycles. The topological polar surface area (TPSA) is 69.6 Å². The van der Waals surface area contributed by atoms with E-state index in [2.05, 4.69) is 26.4 Å². The average molecular weight is 388 g/mol. The molecule has 2 rings (SSSR count). The van der Waals surface area contributed by atoms with Gasteiger partial charge in [-0.2, -0.15) is 0 Å². The Bertz CT molecular complexity index is 637. The van der Waals surface area contributed by atoms with Crippen LogP contribution >= 0.6 is 0 Å². The molecular formula is C23H41N5. The minimum absolute atomic E-state index is 0.468. The number of rotatable bonds is 17. The molecule has 2 aromatic rings. The van der Waals surface area contributed by atoms with E-state index in [0.717, 1.165) is 17.7 Å². The lowest BCUT2D eigenvalue weighted by Gasteiger charge is -2.05. The van der Waals surface area contributed by atoms with Gasteiger partial charge in [0, 0.05) is 6.54 Å². The summed E-state index contributed by atoms with van der Waals surface area (Å²) in [5.74, 6) is 0.468. The van der Waals surface area contributed by atoms with Crippen LogP contribution in [0, 0.1) is 0 Å². The molecule has 2 heterocycles. The molecule has 0 aliphatic carbocycles. The zero-order chi connectivity index (χ0) is 19.9. The van der Waals surface area contributed by atoms with E-state index in [4.69, 9.17) is 5.73 Å². The minimum atomic E-state index is 0.468. The van der Waals surface area contributed by atoms with E-state index in [1.165, 1.54) is 109 Å². The lowest BCUT2D eigenvalue weighted by atomic mass is 10.0. The van der Waals surface area contributed by atoms with E-state index in [1.807, 2.05) is 6.33 Å². The number of nitrogens with zero attached hydrogens (tertiary/aromatic N) is 4. The largest absolute Gasteiger partial charge is 0.382 e. The van der Waals surface area contributed by atoms with Crippen molar-refractivity contribution in [3.63, 3.8) is 0 Å². The zero-order valence-corrected chi connectivity index (χ0v) is 18.0. The van der Waals surface area contributed by atoms with Crippen LogP contribution in [0.25, 0.3) is 11.2 Å². The third-order valence-corrected chi connectivity index (χ3v) is 5.68. The van der Waals surface area contributed by atoms with Crippen molar-refractivity contribution < 1.29 is 0 Å². The first kappa shape index (κ1) is 22.6. The number of unbranched alkanes of at least 4 members (excludes halogenated alkanes) is 15. The van der Waals surface area contributed by atoms with Crippen LogP contribution < -0.4 is 5.73 Å². The van der Waals surface area contributed by atoms with Crippen LogP contribution in [-0.4, -0.2) is 19.5 Å². The number of aromatic nitrogens is 4. The Morgan fingerprint density at radius 2 is 1.18 bits per heavy atom. The van der Waals surface area contributed by atoms with Gasteiger partial charge in [0.15, 0.2) is 11.5 Å². The summed E-state index contributed by atoms with van der Waals surface area (Å²) in [6.07, 6.45) is 25.7. The Morgan fingerprint density at radius 1 is 0.679 bits per heavy atom. The smallest absolute Gasteiger partial charge is 0.165 e.